The molecule has 0 amide bonds. The van der Waals surface area contributed by atoms with Crippen LogP contribution in [0, 0.1) is 5.82 Å². The molecule has 1 aliphatic heterocycles. The smallest absolute Gasteiger partial charge is 0.222 e. The Morgan fingerprint density at radius 1 is 1.16 bits per heavy atom. The van der Waals surface area contributed by atoms with Gasteiger partial charge in [-0.05, 0) is 56.0 Å². The molecule has 3 heterocycles. The molecule has 0 spiro atoms. The second kappa shape index (κ2) is 12.5. The molecule has 0 aliphatic carbocycles. The topological polar surface area (TPSA) is 126 Å². The van der Waals surface area contributed by atoms with Gasteiger partial charge in [-0.3, -0.25) is 4.68 Å². The van der Waals surface area contributed by atoms with Gasteiger partial charge in [-0.2, -0.15) is 10.1 Å². The van der Waals surface area contributed by atoms with Crippen molar-refractivity contribution in [2.24, 2.45) is 0 Å². The number of fused-ring (bicyclic) bond motifs is 1. The first-order valence-electron chi connectivity index (χ1n) is 13.0. The first-order chi connectivity index (χ1) is 18.0. The number of aliphatic hydroxyl groups excluding tert-OH is 2. The van der Waals surface area contributed by atoms with Crippen LogP contribution in [0.25, 0.3) is 11.0 Å². The van der Waals surface area contributed by atoms with Crippen LogP contribution in [-0.2, 0) is 6.54 Å². The second-order valence-electron chi connectivity index (χ2n) is 9.55. The summed E-state index contributed by atoms with van der Waals surface area (Å²) in [7, 11) is 1.55. The molecule has 4 rings (SSSR count). The standard InChI is InChI=1S/C26H38FN7O3/c1-3-4-7-33(11-13-36)25-24-22(29-26(28)30-25)17-34(31-24)16-20-21(27)14-19(15-23(20)37-2)18-5-8-32(9-6-18)10-12-35/h14-15,17-18,35-36H,3-13,16H2,1-2H3,(H2,28,29). The van der Waals surface area contributed by atoms with Crippen LogP contribution in [0.3, 0.4) is 0 Å². The Morgan fingerprint density at radius 3 is 2.62 bits per heavy atom. The van der Waals surface area contributed by atoms with Gasteiger partial charge in [0.2, 0.25) is 5.95 Å². The number of nitrogens with zero attached hydrogens (tertiary/aromatic N) is 6. The summed E-state index contributed by atoms with van der Waals surface area (Å²) in [5.74, 6) is 1.10. The SMILES string of the molecule is CCCCN(CCO)c1nc(N)nc2cn(Cc3c(F)cc(C4CCN(CCO)CC4)cc3OC)nc12. The van der Waals surface area contributed by atoms with Gasteiger partial charge in [0.05, 0.1) is 38.6 Å². The van der Waals surface area contributed by atoms with Crippen LogP contribution in [-0.4, -0.2) is 87.9 Å². The summed E-state index contributed by atoms with van der Waals surface area (Å²) in [5.41, 5.74) is 8.46. The van der Waals surface area contributed by atoms with Crippen LogP contribution < -0.4 is 15.4 Å². The zero-order valence-corrected chi connectivity index (χ0v) is 21.7. The van der Waals surface area contributed by atoms with E-state index in [1.807, 2.05) is 11.0 Å². The van der Waals surface area contributed by atoms with Crippen LogP contribution in [0.4, 0.5) is 16.2 Å². The van der Waals surface area contributed by atoms with Crippen molar-refractivity contribution in [3.63, 3.8) is 0 Å². The van der Waals surface area contributed by atoms with Crippen molar-refractivity contribution in [2.75, 3.05) is 63.7 Å². The lowest BCUT2D eigenvalue weighted by Crippen LogP contribution is -2.35. The van der Waals surface area contributed by atoms with Crippen LogP contribution in [0.5, 0.6) is 5.75 Å². The molecular weight excluding hydrogens is 477 g/mol. The van der Waals surface area contributed by atoms with Gasteiger partial charge in [0, 0.05) is 19.6 Å². The van der Waals surface area contributed by atoms with E-state index in [2.05, 4.69) is 26.9 Å². The number of hydrogen-bond donors (Lipinski definition) is 3. The maximum absolute atomic E-state index is 15.5. The van der Waals surface area contributed by atoms with Gasteiger partial charge in [-0.25, -0.2) is 9.37 Å². The minimum atomic E-state index is -0.331. The number of aromatic nitrogens is 4. The molecule has 4 N–H and O–H groups in total. The van der Waals surface area contributed by atoms with E-state index in [-0.39, 0.29) is 37.4 Å². The molecule has 37 heavy (non-hydrogen) atoms. The molecule has 0 unspecified atom stereocenters. The fourth-order valence-electron chi connectivity index (χ4n) is 5.05. The number of nitrogen functional groups attached to an aromatic ring is 1. The average Bonchev–Trinajstić information content (AvgIpc) is 3.30. The van der Waals surface area contributed by atoms with Crippen LogP contribution in [0.15, 0.2) is 18.3 Å². The van der Waals surface area contributed by atoms with Crippen LogP contribution in [0.1, 0.15) is 49.7 Å². The number of likely N-dealkylation sites (tertiary alicyclic amines) is 1. The van der Waals surface area contributed by atoms with Crippen molar-refractivity contribution in [3.05, 3.63) is 35.3 Å². The highest BCUT2D eigenvalue weighted by Crippen LogP contribution is 2.34. The van der Waals surface area contributed by atoms with Crippen molar-refractivity contribution in [3.8, 4) is 5.75 Å². The minimum absolute atomic E-state index is 0.0228. The molecule has 0 bridgehead atoms. The van der Waals surface area contributed by atoms with E-state index >= 15 is 4.39 Å². The van der Waals surface area contributed by atoms with E-state index in [0.29, 0.717) is 47.8 Å². The van der Waals surface area contributed by atoms with Gasteiger partial charge >= 0.3 is 0 Å². The van der Waals surface area contributed by atoms with Crippen molar-refractivity contribution in [1.29, 1.82) is 0 Å². The Hall–Kier alpha value is -3.02. The number of hydrogen-bond acceptors (Lipinski definition) is 9. The van der Waals surface area contributed by atoms with E-state index in [9.17, 15) is 10.2 Å². The third-order valence-corrected chi connectivity index (χ3v) is 7.05. The van der Waals surface area contributed by atoms with E-state index in [4.69, 9.17) is 10.5 Å². The summed E-state index contributed by atoms with van der Waals surface area (Å²) >= 11 is 0. The van der Waals surface area contributed by atoms with Gasteiger partial charge in [-0.15, -0.1) is 0 Å². The number of nitrogens with two attached hydrogens (primary N) is 1. The van der Waals surface area contributed by atoms with Crippen molar-refractivity contribution in [2.45, 2.75) is 45.1 Å². The molecular formula is C26H38FN7O3. The highest BCUT2D eigenvalue weighted by atomic mass is 19.1. The van der Waals surface area contributed by atoms with Crippen molar-refractivity contribution < 1.29 is 19.3 Å². The van der Waals surface area contributed by atoms with E-state index < -0.39 is 0 Å². The summed E-state index contributed by atoms with van der Waals surface area (Å²) in [6.45, 7) is 5.95. The molecule has 1 fully saturated rings. The third kappa shape index (κ3) is 6.28. The lowest BCUT2D eigenvalue weighted by Gasteiger charge is -2.32. The Balaban J connectivity index is 1.60. The Kier molecular flexibility index (Phi) is 9.12. The molecule has 2 aromatic heterocycles. The highest BCUT2D eigenvalue weighted by Gasteiger charge is 2.24. The Labute approximate surface area is 216 Å². The summed E-state index contributed by atoms with van der Waals surface area (Å²) in [6.07, 6.45) is 5.49. The molecule has 1 aliphatic rings. The van der Waals surface area contributed by atoms with Crippen LogP contribution >= 0.6 is 0 Å². The predicted octanol–water partition coefficient (Wildman–Crippen LogP) is 2.38. The number of rotatable bonds is 12. The highest BCUT2D eigenvalue weighted by molar-refractivity contribution is 5.86. The molecule has 0 saturated carbocycles. The number of aliphatic hydroxyl groups is 2. The van der Waals surface area contributed by atoms with Crippen LogP contribution in [0.2, 0.25) is 0 Å². The number of benzene rings is 1. The molecule has 0 radical (unpaired) electrons. The fourth-order valence-corrected chi connectivity index (χ4v) is 5.05. The number of halogens is 1. The van der Waals surface area contributed by atoms with Gasteiger partial charge in [0.15, 0.2) is 11.3 Å². The first kappa shape index (κ1) is 27.0. The number of β-amino-alcohol motifs (C(OH)–C–C–N with tert-alkyl or cyclic N) is 1. The van der Waals surface area contributed by atoms with E-state index in [1.54, 1.807) is 24.1 Å². The maximum atomic E-state index is 15.5. The zero-order valence-electron chi connectivity index (χ0n) is 21.7. The quantitative estimate of drug-likeness (QED) is 0.333. The maximum Gasteiger partial charge on any atom is 0.222 e. The second-order valence-corrected chi connectivity index (χ2v) is 9.55. The molecule has 10 nitrogen and oxygen atoms in total. The lowest BCUT2D eigenvalue weighted by molar-refractivity contribution is 0.164. The average molecular weight is 516 g/mol. The molecule has 11 heteroatoms. The van der Waals surface area contributed by atoms with Gasteiger partial charge < -0.3 is 30.5 Å². The molecule has 1 aromatic carbocycles. The number of ether oxygens (including phenoxy) is 1. The Morgan fingerprint density at radius 2 is 1.95 bits per heavy atom. The van der Waals surface area contributed by atoms with E-state index in [0.717, 1.165) is 44.3 Å². The van der Waals surface area contributed by atoms with Gasteiger partial charge in [0.25, 0.3) is 0 Å². The monoisotopic (exact) mass is 515 g/mol. The fraction of sp³-hybridized carbons (Fsp3) is 0.577. The van der Waals surface area contributed by atoms with Gasteiger partial charge in [-0.1, -0.05) is 13.3 Å². The predicted molar refractivity (Wildman–Crippen MR) is 141 cm³/mol. The van der Waals surface area contributed by atoms with Crippen molar-refractivity contribution >= 4 is 22.8 Å². The molecule has 1 saturated heterocycles. The summed E-state index contributed by atoms with van der Waals surface area (Å²) < 4.78 is 22.7. The Bertz CT molecular complexity index is 1180. The molecule has 3 aromatic rings. The number of methoxy groups -OCH3 is 1. The third-order valence-electron chi connectivity index (χ3n) is 7.05. The first-order valence-corrected chi connectivity index (χ1v) is 13.0. The molecule has 202 valence electrons. The van der Waals surface area contributed by atoms with Crippen molar-refractivity contribution in [1.82, 2.24) is 24.6 Å². The number of piperidine rings is 1. The van der Waals surface area contributed by atoms with Gasteiger partial charge in [0.1, 0.15) is 17.1 Å². The minimum Gasteiger partial charge on any atom is -0.496 e. The summed E-state index contributed by atoms with van der Waals surface area (Å²) in [6, 6.07) is 3.55. The summed E-state index contributed by atoms with van der Waals surface area (Å²) in [4.78, 5) is 12.9. The lowest BCUT2D eigenvalue weighted by atomic mass is 9.88. The van der Waals surface area contributed by atoms with E-state index in [1.165, 1.54) is 0 Å². The number of anilines is 2. The zero-order chi connectivity index (χ0) is 26.4. The summed E-state index contributed by atoms with van der Waals surface area (Å²) in [5, 5.41) is 23.4. The number of unbranched alkanes of at least 4 members (excludes halogenated alkanes) is 1. The molecule has 0 atom stereocenters. The normalized spacial score (nSPS) is 14.9. The largest absolute Gasteiger partial charge is 0.496 e.